The number of hydrogen-bond acceptors (Lipinski definition) is 4. The fourth-order valence-electron chi connectivity index (χ4n) is 1.82. The summed E-state index contributed by atoms with van der Waals surface area (Å²) >= 11 is 0. The molecule has 0 radical (unpaired) electrons. The molecule has 1 unspecified atom stereocenters. The van der Waals surface area contributed by atoms with Crippen molar-refractivity contribution in [2.45, 2.75) is 45.6 Å². The molecule has 0 aliphatic carbocycles. The van der Waals surface area contributed by atoms with Gasteiger partial charge in [-0.1, -0.05) is 33.1 Å². The Labute approximate surface area is 104 Å². The van der Waals surface area contributed by atoms with Gasteiger partial charge in [0.15, 0.2) is 0 Å². The minimum Gasteiger partial charge on any atom is -0.480 e. The number of nitrogens with zero attached hydrogens (tertiary/aromatic N) is 2. The van der Waals surface area contributed by atoms with E-state index in [1.165, 1.54) is 19.3 Å². The normalized spacial score (nSPS) is 12.4. The lowest BCUT2D eigenvalue weighted by molar-refractivity contribution is 0.388. The summed E-state index contributed by atoms with van der Waals surface area (Å²) < 4.78 is 5.01. The van der Waals surface area contributed by atoms with E-state index >= 15 is 0 Å². The second-order valence-electron chi connectivity index (χ2n) is 4.11. The largest absolute Gasteiger partial charge is 0.480 e. The van der Waals surface area contributed by atoms with Crippen LogP contribution in [0.2, 0.25) is 0 Å². The highest BCUT2D eigenvalue weighted by atomic mass is 16.5. The number of hydrogen-bond donors (Lipinski definition) is 1. The molecule has 1 rings (SSSR count). The topological polar surface area (TPSA) is 47.0 Å². The van der Waals surface area contributed by atoms with Gasteiger partial charge < -0.3 is 10.1 Å². The van der Waals surface area contributed by atoms with Crippen molar-refractivity contribution in [1.82, 2.24) is 15.5 Å². The summed E-state index contributed by atoms with van der Waals surface area (Å²) in [5.74, 6) is 0.567. The third-order valence-electron chi connectivity index (χ3n) is 2.77. The zero-order valence-corrected chi connectivity index (χ0v) is 11.1. The van der Waals surface area contributed by atoms with Crippen LogP contribution < -0.4 is 10.1 Å². The first-order valence-corrected chi connectivity index (χ1v) is 6.42. The van der Waals surface area contributed by atoms with Crippen LogP contribution in [-0.2, 0) is 0 Å². The Bertz CT molecular complexity index is 300. The fraction of sp³-hybridized carbons (Fsp3) is 0.692. The van der Waals surface area contributed by atoms with Crippen molar-refractivity contribution < 1.29 is 4.74 Å². The minimum absolute atomic E-state index is 0.310. The summed E-state index contributed by atoms with van der Waals surface area (Å²) in [5, 5.41) is 11.7. The first-order valence-electron chi connectivity index (χ1n) is 6.42. The quantitative estimate of drug-likeness (QED) is 0.706. The maximum absolute atomic E-state index is 5.01. The molecule has 0 bridgehead atoms. The molecule has 1 aromatic heterocycles. The standard InChI is InChI=1S/C13H23N3O/c1-4-6-7-8-11(14-5-2)12-9-10-13(17-3)16-15-12/h9-11,14H,4-8H2,1-3H3. The van der Waals surface area contributed by atoms with Gasteiger partial charge in [-0.3, -0.25) is 0 Å². The Hall–Kier alpha value is -1.16. The van der Waals surface area contributed by atoms with Gasteiger partial charge in [0.2, 0.25) is 5.88 Å². The van der Waals surface area contributed by atoms with Gasteiger partial charge in [0.1, 0.15) is 0 Å². The van der Waals surface area contributed by atoms with Gasteiger partial charge in [0.25, 0.3) is 0 Å². The van der Waals surface area contributed by atoms with E-state index in [9.17, 15) is 0 Å². The van der Waals surface area contributed by atoms with Crippen LogP contribution in [-0.4, -0.2) is 23.9 Å². The maximum Gasteiger partial charge on any atom is 0.233 e. The van der Waals surface area contributed by atoms with Gasteiger partial charge in [0, 0.05) is 6.07 Å². The number of aromatic nitrogens is 2. The van der Waals surface area contributed by atoms with Crippen molar-refractivity contribution in [2.24, 2.45) is 0 Å². The highest BCUT2D eigenvalue weighted by Gasteiger charge is 2.11. The first-order chi connectivity index (χ1) is 8.31. The van der Waals surface area contributed by atoms with Crippen LogP contribution in [0.5, 0.6) is 5.88 Å². The summed E-state index contributed by atoms with van der Waals surface area (Å²) in [7, 11) is 1.60. The molecule has 0 saturated carbocycles. The van der Waals surface area contributed by atoms with Gasteiger partial charge in [-0.25, -0.2) is 0 Å². The van der Waals surface area contributed by atoms with Gasteiger partial charge in [-0.05, 0) is 19.0 Å². The maximum atomic E-state index is 5.01. The van der Waals surface area contributed by atoms with Gasteiger partial charge >= 0.3 is 0 Å². The molecule has 96 valence electrons. The summed E-state index contributed by atoms with van der Waals surface area (Å²) in [6.07, 6.45) is 4.85. The SMILES string of the molecule is CCCCCC(NCC)c1ccc(OC)nn1. The lowest BCUT2D eigenvalue weighted by atomic mass is 10.1. The van der Waals surface area contributed by atoms with Crippen molar-refractivity contribution in [3.8, 4) is 5.88 Å². The number of rotatable bonds is 8. The summed E-state index contributed by atoms with van der Waals surface area (Å²) in [6, 6.07) is 4.17. The molecule has 0 saturated heterocycles. The van der Waals surface area contributed by atoms with Crippen LogP contribution in [0.4, 0.5) is 0 Å². The van der Waals surface area contributed by atoms with Gasteiger partial charge in [0.05, 0.1) is 18.8 Å². The van der Waals surface area contributed by atoms with Gasteiger partial charge in [-0.2, -0.15) is 5.10 Å². The van der Waals surface area contributed by atoms with Crippen molar-refractivity contribution in [1.29, 1.82) is 0 Å². The molecule has 1 aromatic rings. The van der Waals surface area contributed by atoms with E-state index in [0.29, 0.717) is 11.9 Å². The van der Waals surface area contributed by atoms with E-state index < -0.39 is 0 Å². The lowest BCUT2D eigenvalue weighted by Gasteiger charge is -2.16. The molecule has 0 spiro atoms. The number of methoxy groups -OCH3 is 1. The van der Waals surface area contributed by atoms with E-state index in [0.717, 1.165) is 18.7 Å². The molecular weight excluding hydrogens is 214 g/mol. The number of unbranched alkanes of at least 4 members (excludes halogenated alkanes) is 2. The molecule has 4 nitrogen and oxygen atoms in total. The highest BCUT2D eigenvalue weighted by molar-refractivity contribution is 5.14. The van der Waals surface area contributed by atoms with E-state index in [1.807, 2.05) is 12.1 Å². The summed E-state index contributed by atoms with van der Waals surface area (Å²) in [6.45, 7) is 5.28. The molecule has 1 atom stereocenters. The number of nitrogens with one attached hydrogen (secondary N) is 1. The highest BCUT2D eigenvalue weighted by Crippen LogP contribution is 2.18. The van der Waals surface area contributed by atoms with Crippen molar-refractivity contribution in [3.05, 3.63) is 17.8 Å². The fourth-order valence-corrected chi connectivity index (χ4v) is 1.82. The molecule has 4 heteroatoms. The lowest BCUT2D eigenvalue weighted by Crippen LogP contribution is -2.22. The second kappa shape index (κ2) is 8.01. The second-order valence-corrected chi connectivity index (χ2v) is 4.11. The molecule has 0 fully saturated rings. The summed E-state index contributed by atoms with van der Waals surface area (Å²) in [5.41, 5.74) is 1.00. The van der Waals surface area contributed by atoms with Crippen LogP contribution in [0.1, 0.15) is 51.3 Å². The third kappa shape index (κ3) is 4.69. The summed E-state index contributed by atoms with van der Waals surface area (Å²) in [4.78, 5) is 0. The Kier molecular flexibility index (Phi) is 6.55. The third-order valence-corrected chi connectivity index (χ3v) is 2.77. The average molecular weight is 237 g/mol. The van der Waals surface area contributed by atoms with Crippen LogP contribution >= 0.6 is 0 Å². The Morgan fingerprint density at radius 2 is 2.06 bits per heavy atom. The molecule has 0 aromatic carbocycles. The molecular formula is C13H23N3O. The monoisotopic (exact) mass is 237 g/mol. The Morgan fingerprint density at radius 1 is 1.24 bits per heavy atom. The Balaban J connectivity index is 2.60. The molecule has 17 heavy (non-hydrogen) atoms. The Morgan fingerprint density at radius 3 is 2.59 bits per heavy atom. The van der Waals surface area contributed by atoms with Gasteiger partial charge in [-0.15, -0.1) is 5.10 Å². The predicted octanol–water partition coefficient (Wildman–Crippen LogP) is 2.72. The van der Waals surface area contributed by atoms with E-state index in [4.69, 9.17) is 4.74 Å². The van der Waals surface area contributed by atoms with Crippen molar-refractivity contribution in [2.75, 3.05) is 13.7 Å². The predicted molar refractivity (Wildman–Crippen MR) is 69.1 cm³/mol. The van der Waals surface area contributed by atoms with Crippen LogP contribution in [0.15, 0.2) is 12.1 Å². The molecule has 0 aliphatic rings. The van der Waals surface area contributed by atoms with E-state index in [2.05, 4.69) is 29.4 Å². The first kappa shape index (κ1) is 13.9. The molecule has 1 heterocycles. The minimum atomic E-state index is 0.310. The molecule has 0 aliphatic heterocycles. The molecule has 1 N–H and O–H groups in total. The van der Waals surface area contributed by atoms with E-state index in [1.54, 1.807) is 7.11 Å². The van der Waals surface area contributed by atoms with E-state index in [-0.39, 0.29) is 0 Å². The van der Waals surface area contributed by atoms with Crippen molar-refractivity contribution in [3.63, 3.8) is 0 Å². The molecule has 0 amide bonds. The zero-order valence-electron chi connectivity index (χ0n) is 11.1. The van der Waals surface area contributed by atoms with Crippen LogP contribution in [0, 0.1) is 0 Å². The average Bonchev–Trinajstić information content (AvgIpc) is 2.38. The smallest absolute Gasteiger partial charge is 0.233 e. The van der Waals surface area contributed by atoms with Crippen molar-refractivity contribution >= 4 is 0 Å². The zero-order chi connectivity index (χ0) is 12.5. The van der Waals surface area contributed by atoms with Crippen LogP contribution in [0.3, 0.4) is 0 Å². The number of ether oxygens (including phenoxy) is 1. The van der Waals surface area contributed by atoms with Crippen LogP contribution in [0.25, 0.3) is 0 Å².